The average molecular weight is 314 g/mol. The second-order valence-corrected chi connectivity index (χ2v) is 6.76. The first-order valence-corrected chi connectivity index (χ1v) is 8.06. The molecule has 20 heavy (non-hydrogen) atoms. The van der Waals surface area contributed by atoms with Gasteiger partial charge in [0.2, 0.25) is 10.0 Å². The molecule has 2 rings (SSSR count). The number of hydrogen-bond acceptors (Lipinski definition) is 3. The molecule has 0 aliphatic carbocycles. The van der Waals surface area contributed by atoms with Crippen LogP contribution in [0.25, 0.3) is 0 Å². The van der Waals surface area contributed by atoms with Crippen molar-refractivity contribution in [3.05, 3.63) is 52.9 Å². The molecule has 0 unspecified atom stereocenters. The third kappa shape index (κ3) is 3.42. The predicted molar refractivity (Wildman–Crippen MR) is 78.4 cm³/mol. The smallest absolute Gasteiger partial charge is 0.241 e. The first-order valence-electron chi connectivity index (χ1n) is 6.20. The van der Waals surface area contributed by atoms with Crippen LogP contribution in [0.2, 0.25) is 5.02 Å². The van der Waals surface area contributed by atoms with Crippen molar-refractivity contribution in [1.82, 2.24) is 4.72 Å². The van der Waals surface area contributed by atoms with Crippen molar-refractivity contribution in [3.63, 3.8) is 0 Å². The molecule has 1 N–H and O–H groups in total. The SMILES string of the molecule is Cc1c(Cl)cccc1S(=O)(=O)N[C@@H](C)Cc1ccco1. The number of benzene rings is 1. The average Bonchev–Trinajstić information content (AvgIpc) is 2.84. The summed E-state index contributed by atoms with van der Waals surface area (Å²) < 4.78 is 32.5. The minimum atomic E-state index is -3.59. The maximum absolute atomic E-state index is 12.3. The highest BCUT2D eigenvalue weighted by Gasteiger charge is 2.21. The Labute approximate surface area is 123 Å². The van der Waals surface area contributed by atoms with E-state index in [2.05, 4.69) is 4.72 Å². The zero-order valence-electron chi connectivity index (χ0n) is 11.3. The van der Waals surface area contributed by atoms with Crippen LogP contribution in [0.3, 0.4) is 0 Å². The molecule has 108 valence electrons. The van der Waals surface area contributed by atoms with Gasteiger partial charge in [0, 0.05) is 17.5 Å². The molecule has 0 amide bonds. The Morgan fingerprint density at radius 1 is 1.30 bits per heavy atom. The molecule has 0 bridgehead atoms. The summed E-state index contributed by atoms with van der Waals surface area (Å²) in [7, 11) is -3.59. The first kappa shape index (κ1) is 15.1. The molecule has 0 spiro atoms. The lowest BCUT2D eigenvalue weighted by atomic mass is 10.2. The van der Waals surface area contributed by atoms with Crippen LogP contribution < -0.4 is 4.72 Å². The quantitative estimate of drug-likeness (QED) is 0.922. The van der Waals surface area contributed by atoms with Gasteiger partial charge in [-0.1, -0.05) is 17.7 Å². The van der Waals surface area contributed by atoms with Crippen LogP contribution >= 0.6 is 11.6 Å². The van der Waals surface area contributed by atoms with Gasteiger partial charge < -0.3 is 4.42 Å². The van der Waals surface area contributed by atoms with Gasteiger partial charge in [0.05, 0.1) is 11.2 Å². The molecule has 0 aliphatic rings. The highest BCUT2D eigenvalue weighted by Crippen LogP contribution is 2.23. The number of nitrogens with one attached hydrogen (secondary N) is 1. The van der Waals surface area contributed by atoms with Crippen molar-refractivity contribution < 1.29 is 12.8 Å². The molecule has 0 saturated carbocycles. The summed E-state index contributed by atoms with van der Waals surface area (Å²) in [6.45, 7) is 3.48. The lowest BCUT2D eigenvalue weighted by Crippen LogP contribution is -2.34. The largest absolute Gasteiger partial charge is 0.469 e. The van der Waals surface area contributed by atoms with E-state index in [-0.39, 0.29) is 10.9 Å². The maximum Gasteiger partial charge on any atom is 0.241 e. The fourth-order valence-electron chi connectivity index (χ4n) is 1.98. The molecule has 1 aromatic heterocycles. The molecule has 0 radical (unpaired) electrons. The molecule has 0 saturated heterocycles. The van der Waals surface area contributed by atoms with Crippen LogP contribution in [0.1, 0.15) is 18.2 Å². The van der Waals surface area contributed by atoms with Gasteiger partial charge in [-0.25, -0.2) is 13.1 Å². The van der Waals surface area contributed by atoms with E-state index >= 15 is 0 Å². The lowest BCUT2D eigenvalue weighted by Gasteiger charge is -2.15. The normalized spacial score (nSPS) is 13.3. The highest BCUT2D eigenvalue weighted by molar-refractivity contribution is 7.89. The van der Waals surface area contributed by atoms with Crippen LogP contribution in [0.4, 0.5) is 0 Å². The van der Waals surface area contributed by atoms with Gasteiger partial charge >= 0.3 is 0 Å². The minimum absolute atomic E-state index is 0.205. The van der Waals surface area contributed by atoms with E-state index in [1.807, 2.05) is 6.07 Å². The second kappa shape index (κ2) is 5.99. The molecule has 1 heterocycles. The van der Waals surface area contributed by atoms with Crippen LogP contribution in [0.15, 0.2) is 45.9 Å². The van der Waals surface area contributed by atoms with Crippen LogP contribution in [-0.4, -0.2) is 14.5 Å². The summed E-state index contributed by atoms with van der Waals surface area (Å²) >= 11 is 5.96. The van der Waals surface area contributed by atoms with Crippen molar-refractivity contribution in [2.45, 2.75) is 31.2 Å². The van der Waals surface area contributed by atoms with Crippen LogP contribution in [-0.2, 0) is 16.4 Å². The molecule has 1 aromatic carbocycles. The predicted octanol–water partition coefficient (Wildman–Crippen LogP) is 3.15. The molecular weight excluding hydrogens is 298 g/mol. The van der Waals surface area contributed by atoms with Gasteiger partial charge in [-0.2, -0.15) is 0 Å². The van der Waals surface area contributed by atoms with Crippen molar-refractivity contribution in [2.75, 3.05) is 0 Å². The second-order valence-electron chi connectivity index (χ2n) is 4.67. The van der Waals surface area contributed by atoms with E-state index in [1.165, 1.54) is 0 Å². The Hall–Kier alpha value is -1.30. The Morgan fingerprint density at radius 2 is 2.05 bits per heavy atom. The first-order chi connectivity index (χ1) is 9.40. The fourth-order valence-corrected chi connectivity index (χ4v) is 3.72. The number of furan rings is 1. The maximum atomic E-state index is 12.3. The van der Waals surface area contributed by atoms with E-state index in [9.17, 15) is 8.42 Å². The summed E-state index contributed by atoms with van der Waals surface area (Å²) in [4.78, 5) is 0.205. The van der Waals surface area contributed by atoms with E-state index in [0.717, 1.165) is 5.76 Å². The van der Waals surface area contributed by atoms with Gasteiger partial charge in [0.1, 0.15) is 5.76 Å². The van der Waals surface area contributed by atoms with Gasteiger partial charge in [0.15, 0.2) is 0 Å². The van der Waals surface area contributed by atoms with Crippen LogP contribution in [0, 0.1) is 6.92 Å². The minimum Gasteiger partial charge on any atom is -0.469 e. The Kier molecular flexibility index (Phi) is 4.52. The molecule has 4 nitrogen and oxygen atoms in total. The summed E-state index contributed by atoms with van der Waals surface area (Å²) in [5, 5.41) is 0.437. The molecule has 2 aromatic rings. The zero-order chi connectivity index (χ0) is 14.8. The van der Waals surface area contributed by atoms with Gasteiger partial charge in [-0.05, 0) is 43.7 Å². The molecule has 1 atom stereocenters. The fraction of sp³-hybridized carbons (Fsp3) is 0.286. The van der Waals surface area contributed by atoms with E-state index in [0.29, 0.717) is 17.0 Å². The molecule has 6 heteroatoms. The summed E-state index contributed by atoms with van der Waals surface area (Å²) in [5.74, 6) is 0.739. The van der Waals surface area contributed by atoms with Crippen molar-refractivity contribution in [2.24, 2.45) is 0 Å². The molecule has 0 aliphatic heterocycles. The monoisotopic (exact) mass is 313 g/mol. The zero-order valence-corrected chi connectivity index (χ0v) is 12.8. The summed E-state index contributed by atoms with van der Waals surface area (Å²) in [5.41, 5.74) is 0.548. The third-order valence-electron chi connectivity index (χ3n) is 2.95. The number of rotatable bonds is 5. The van der Waals surface area contributed by atoms with Crippen LogP contribution in [0.5, 0.6) is 0 Å². The number of halogens is 1. The Morgan fingerprint density at radius 3 is 2.70 bits per heavy atom. The Bertz CT molecular complexity index is 680. The van der Waals surface area contributed by atoms with E-state index in [4.69, 9.17) is 16.0 Å². The van der Waals surface area contributed by atoms with Crippen molar-refractivity contribution in [1.29, 1.82) is 0 Å². The number of hydrogen-bond donors (Lipinski definition) is 1. The standard InChI is InChI=1S/C14H16ClNO3S/c1-10(9-12-5-4-8-19-12)16-20(17,18)14-7-3-6-13(15)11(14)2/h3-8,10,16H,9H2,1-2H3/t10-/m0/s1. The van der Waals surface area contributed by atoms with Gasteiger partial charge in [-0.15, -0.1) is 0 Å². The topological polar surface area (TPSA) is 59.3 Å². The van der Waals surface area contributed by atoms with Gasteiger partial charge in [0.25, 0.3) is 0 Å². The van der Waals surface area contributed by atoms with Gasteiger partial charge in [-0.3, -0.25) is 0 Å². The molecular formula is C14H16ClNO3S. The van der Waals surface area contributed by atoms with Crippen molar-refractivity contribution in [3.8, 4) is 0 Å². The molecule has 0 fully saturated rings. The third-order valence-corrected chi connectivity index (χ3v) is 5.09. The van der Waals surface area contributed by atoms with Crippen molar-refractivity contribution >= 4 is 21.6 Å². The lowest BCUT2D eigenvalue weighted by molar-refractivity contribution is 0.479. The summed E-state index contributed by atoms with van der Waals surface area (Å²) in [6.07, 6.45) is 2.06. The van der Waals surface area contributed by atoms with E-state index < -0.39 is 10.0 Å². The number of sulfonamides is 1. The van der Waals surface area contributed by atoms with E-state index in [1.54, 1.807) is 44.4 Å². The highest BCUT2D eigenvalue weighted by atomic mass is 35.5. The summed E-state index contributed by atoms with van der Waals surface area (Å²) in [6, 6.07) is 8.16. The Balaban J connectivity index is 2.16.